The van der Waals surface area contributed by atoms with Crippen LogP contribution in [0, 0.1) is 0 Å². The molecule has 0 fully saturated rings. The monoisotopic (exact) mass is 434 g/mol. The highest BCUT2D eigenvalue weighted by Gasteiger charge is 2.14. The number of halogens is 1. The van der Waals surface area contributed by atoms with Gasteiger partial charge in [-0.3, -0.25) is 9.59 Å². The largest absolute Gasteiger partial charge is 0.508 e. The lowest BCUT2D eigenvalue weighted by Crippen LogP contribution is -2.30. The zero-order valence-electron chi connectivity index (χ0n) is 15.3. The first-order chi connectivity index (χ1) is 12.9. The van der Waals surface area contributed by atoms with Crippen LogP contribution in [0.25, 0.3) is 0 Å². The van der Waals surface area contributed by atoms with Gasteiger partial charge in [0.05, 0.1) is 11.7 Å². The number of amides is 2. The van der Waals surface area contributed by atoms with E-state index in [9.17, 15) is 14.7 Å². The van der Waals surface area contributed by atoms with Gasteiger partial charge in [-0.2, -0.15) is 0 Å². The van der Waals surface area contributed by atoms with Crippen LogP contribution in [0.4, 0.5) is 0 Å². The van der Waals surface area contributed by atoms with E-state index in [0.29, 0.717) is 36.4 Å². The van der Waals surface area contributed by atoms with E-state index in [-0.39, 0.29) is 23.7 Å². The summed E-state index contributed by atoms with van der Waals surface area (Å²) in [5.41, 5.74) is 0.861. The molecule has 0 bridgehead atoms. The van der Waals surface area contributed by atoms with Gasteiger partial charge in [0.25, 0.3) is 11.8 Å². The fourth-order valence-electron chi connectivity index (χ4n) is 2.37. The maximum Gasteiger partial charge on any atom is 0.255 e. The Morgan fingerprint density at radius 1 is 1.07 bits per heavy atom. The molecule has 0 aromatic heterocycles. The summed E-state index contributed by atoms with van der Waals surface area (Å²) in [6.45, 7) is 4.62. The van der Waals surface area contributed by atoms with Gasteiger partial charge in [0, 0.05) is 23.1 Å². The molecular weight excluding hydrogens is 412 g/mol. The molecule has 2 rings (SSSR count). The standard InChI is InChI=1S/C20H23BrN2O4/c1-13(2)27-18-12-15(21)7-8-17(18)20(26)23-10-4-9-22-19(25)14-5-3-6-16(24)11-14/h3,5-8,11-13,24H,4,9-10H2,1-2H3,(H,22,25)(H,23,26). The van der Waals surface area contributed by atoms with Crippen LogP contribution in [0.2, 0.25) is 0 Å². The second-order valence-electron chi connectivity index (χ2n) is 6.22. The van der Waals surface area contributed by atoms with E-state index in [2.05, 4.69) is 26.6 Å². The lowest BCUT2D eigenvalue weighted by molar-refractivity contribution is 0.0947. The van der Waals surface area contributed by atoms with E-state index in [4.69, 9.17) is 4.74 Å². The van der Waals surface area contributed by atoms with Crippen molar-refractivity contribution in [1.29, 1.82) is 0 Å². The first kappa shape index (κ1) is 20.8. The van der Waals surface area contributed by atoms with Gasteiger partial charge in [-0.25, -0.2) is 0 Å². The van der Waals surface area contributed by atoms with Crippen LogP contribution in [0.15, 0.2) is 46.9 Å². The lowest BCUT2D eigenvalue weighted by atomic mass is 10.2. The minimum atomic E-state index is -0.266. The van der Waals surface area contributed by atoms with Crippen molar-refractivity contribution in [1.82, 2.24) is 10.6 Å². The lowest BCUT2D eigenvalue weighted by Gasteiger charge is -2.14. The molecule has 144 valence electrons. The third kappa shape index (κ3) is 6.60. The molecule has 6 nitrogen and oxygen atoms in total. The van der Waals surface area contributed by atoms with Crippen LogP contribution in [-0.4, -0.2) is 36.1 Å². The molecule has 0 atom stereocenters. The summed E-state index contributed by atoms with van der Waals surface area (Å²) in [4.78, 5) is 24.4. The number of carbonyl (C=O) groups excluding carboxylic acids is 2. The Labute approximate surface area is 167 Å². The highest BCUT2D eigenvalue weighted by molar-refractivity contribution is 9.10. The van der Waals surface area contributed by atoms with E-state index < -0.39 is 0 Å². The van der Waals surface area contributed by atoms with Gasteiger partial charge < -0.3 is 20.5 Å². The van der Waals surface area contributed by atoms with Crippen LogP contribution < -0.4 is 15.4 Å². The number of aromatic hydroxyl groups is 1. The van der Waals surface area contributed by atoms with Crippen molar-refractivity contribution < 1.29 is 19.4 Å². The van der Waals surface area contributed by atoms with Gasteiger partial charge >= 0.3 is 0 Å². The number of carbonyl (C=O) groups is 2. The van der Waals surface area contributed by atoms with Gasteiger partial charge in [-0.15, -0.1) is 0 Å². The van der Waals surface area contributed by atoms with Crippen molar-refractivity contribution in [2.45, 2.75) is 26.4 Å². The summed E-state index contributed by atoms with van der Waals surface area (Å²) in [5.74, 6) is 0.0770. The molecule has 0 saturated heterocycles. The van der Waals surface area contributed by atoms with Crippen LogP contribution in [-0.2, 0) is 0 Å². The number of hydrogen-bond acceptors (Lipinski definition) is 4. The summed E-state index contributed by atoms with van der Waals surface area (Å²) in [6.07, 6.45) is 0.534. The van der Waals surface area contributed by atoms with Gasteiger partial charge in [0.2, 0.25) is 0 Å². The maximum absolute atomic E-state index is 12.4. The van der Waals surface area contributed by atoms with Gasteiger partial charge in [-0.05, 0) is 56.7 Å². The van der Waals surface area contributed by atoms with Crippen molar-refractivity contribution >= 4 is 27.7 Å². The van der Waals surface area contributed by atoms with Crippen LogP contribution in [0.5, 0.6) is 11.5 Å². The van der Waals surface area contributed by atoms with Crippen LogP contribution in [0.1, 0.15) is 41.0 Å². The van der Waals surface area contributed by atoms with Crippen LogP contribution in [0.3, 0.4) is 0 Å². The topological polar surface area (TPSA) is 87.7 Å². The molecule has 2 amide bonds. The molecule has 0 aliphatic heterocycles. The Hall–Kier alpha value is -2.54. The minimum absolute atomic E-state index is 0.0431. The molecule has 0 aliphatic carbocycles. The molecule has 0 radical (unpaired) electrons. The predicted octanol–water partition coefficient (Wildman–Crippen LogP) is 3.49. The zero-order chi connectivity index (χ0) is 19.8. The summed E-state index contributed by atoms with van der Waals surface area (Å²) >= 11 is 3.38. The van der Waals surface area contributed by atoms with Crippen molar-refractivity contribution in [3.05, 3.63) is 58.1 Å². The van der Waals surface area contributed by atoms with Crippen molar-refractivity contribution in [3.63, 3.8) is 0 Å². The Bertz CT molecular complexity index is 808. The van der Waals surface area contributed by atoms with Gasteiger partial charge in [0.1, 0.15) is 11.5 Å². The SMILES string of the molecule is CC(C)Oc1cc(Br)ccc1C(=O)NCCCNC(=O)c1cccc(O)c1. The fourth-order valence-corrected chi connectivity index (χ4v) is 2.71. The molecule has 0 unspecified atom stereocenters. The summed E-state index contributed by atoms with van der Waals surface area (Å²) in [6, 6.07) is 11.4. The molecule has 0 spiro atoms. The van der Waals surface area contributed by atoms with E-state index >= 15 is 0 Å². The first-order valence-electron chi connectivity index (χ1n) is 8.68. The number of ether oxygens (including phenoxy) is 1. The predicted molar refractivity (Wildman–Crippen MR) is 107 cm³/mol. The number of nitrogens with one attached hydrogen (secondary N) is 2. The quantitative estimate of drug-likeness (QED) is 0.554. The Morgan fingerprint density at radius 3 is 2.44 bits per heavy atom. The number of rotatable bonds is 8. The average Bonchev–Trinajstić information content (AvgIpc) is 2.60. The van der Waals surface area contributed by atoms with Crippen molar-refractivity contribution in [3.8, 4) is 11.5 Å². The van der Waals surface area contributed by atoms with E-state index in [1.165, 1.54) is 12.1 Å². The summed E-state index contributed by atoms with van der Waals surface area (Å²) < 4.78 is 6.53. The first-order valence-corrected chi connectivity index (χ1v) is 9.47. The summed E-state index contributed by atoms with van der Waals surface area (Å²) in [7, 11) is 0. The Kier molecular flexibility index (Phi) is 7.67. The van der Waals surface area contributed by atoms with Crippen molar-refractivity contribution in [2.75, 3.05) is 13.1 Å². The fraction of sp³-hybridized carbons (Fsp3) is 0.300. The molecule has 2 aromatic rings. The summed E-state index contributed by atoms with van der Waals surface area (Å²) in [5, 5.41) is 15.0. The highest BCUT2D eigenvalue weighted by Crippen LogP contribution is 2.24. The smallest absolute Gasteiger partial charge is 0.255 e. The average molecular weight is 435 g/mol. The van der Waals surface area contributed by atoms with Crippen LogP contribution >= 0.6 is 15.9 Å². The van der Waals surface area contributed by atoms with E-state index in [1.807, 2.05) is 13.8 Å². The number of benzene rings is 2. The number of phenolic OH excluding ortho intramolecular Hbond substituents is 1. The molecular formula is C20H23BrN2O4. The molecule has 2 aromatic carbocycles. The normalized spacial score (nSPS) is 10.5. The minimum Gasteiger partial charge on any atom is -0.508 e. The number of phenols is 1. The molecule has 27 heavy (non-hydrogen) atoms. The third-order valence-corrected chi connectivity index (χ3v) is 4.08. The Morgan fingerprint density at radius 2 is 1.78 bits per heavy atom. The van der Waals surface area contributed by atoms with Gasteiger partial charge in [0.15, 0.2) is 0 Å². The van der Waals surface area contributed by atoms with Gasteiger partial charge in [-0.1, -0.05) is 22.0 Å². The molecule has 0 saturated carbocycles. The molecule has 0 aliphatic rings. The second-order valence-corrected chi connectivity index (χ2v) is 7.14. The maximum atomic E-state index is 12.4. The number of hydrogen-bond donors (Lipinski definition) is 3. The van der Waals surface area contributed by atoms with E-state index in [1.54, 1.807) is 30.3 Å². The molecule has 0 heterocycles. The molecule has 7 heteroatoms. The third-order valence-electron chi connectivity index (χ3n) is 3.58. The molecule has 3 N–H and O–H groups in total. The van der Waals surface area contributed by atoms with E-state index in [0.717, 1.165) is 4.47 Å². The highest BCUT2D eigenvalue weighted by atomic mass is 79.9. The van der Waals surface area contributed by atoms with Crippen molar-refractivity contribution in [2.24, 2.45) is 0 Å². The zero-order valence-corrected chi connectivity index (χ0v) is 16.9. The Balaban J connectivity index is 1.80. The second kappa shape index (κ2) is 9.97.